The summed E-state index contributed by atoms with van der Waals surface area (Å²) in [4.78, 5) is 48.1. The summed E-state index contributed by atoms with van der Waals surface area (Å²) in [5, 5.41) is 17.7. The van der Waals surface area contributed by atoms with Crippen LogP contribution in [0, 0.1) is 0 Å². The minimum atomic E-state index is -1.12. The Morgan fingerprint density at radius 1 is 1.42 bits per heavy atom. The molecule has 0 radical (unpaired) electrons. The van der Waals surface area contributed by atoms with Gasteiger partial charge in [-0.15, -0.1) is 23.1 Å². The summed E-state index contributed by atoms with van der Waals surface area (Å²) >= 11 is 4.51. The van der Waals surface area contributed by atoms with Gasteiger partial charge >= 0.3 is 5.97 Å². The summed E-state index contributed by atoms with van der Waals surface area (Å²) < 4.78 is 0.764. The molecule has 2 amide bonds. The van der Waals surface area contributed by atoms with Gasteiger partial charge in [-0.25, -0.2) is 9.78 Å². The molecule has 14 heteroatoms. The van der Waals surface area contributed by atoms with Crippen molar-refractivity contribution in [1.82, 2.24) is 15.2 Å². The third kappa shape index (κ3) is 4.69. The molecule has 0 aromatic carbocycles. The van der Waals surface area contributed by atoms with Crippen molar-refractivity contribution in [2.24, 2.45) is 5.16 Å². The van der Waals surface area contributed by atoms with Crippen molar-refractivity contribution in [3.8, 4) is 0 Å². The maximum absolute atomic E-state index is 13.0. The number of nitrogens with two attached hydrogens (primary N) is 1. The lowest BCUT2D eigenvalue weighted by atomic mass is 10.0. The Labute approximate surface area is 203 Å². The van der Waals surface area contributed by atoms with Gasteiger partial charge in [0.1, 0.15) is 36.5 Å². The second-order valence-corrected chi connectivity index (χ2v) is 11.4. The molecule has 2 fully saturated rings. The Bertz CT molecular complexity index is 1030. The zero-order valence-electron chi connectivity index (χ0n) is 18.1. The van der Waals surface area contributed by atoms with Crippen LogP contribution in [0.1, 0.15) is 5.69 Å². The molecule has 0 bridgehead atoms. The van der Waals surface area contributed by atoms with Gasteiger partial charge < -0.3 is 25.5 Å². The lowest BCUT2D eigenvalue weighted by Crippen LogP contribution is -2.71. The van der Waals surface area contributed by atoms with Crippen LogP contribution in [0.5, 0.6) is 0 Å². The Balaban J connectivity index is 1.51. The first-order chi connectivity index (χ1) is 15.7. The highest BCUT2D eigenvalue weighted by atomic mass is 32.2. The third-order valence-electron chi connectivity index (χ3n) is 5.82. The largest absolute Gasteiger partial charge is 0.477 e. The number of nitrogens with one attached hydrogen (secondary N) is 1. The molecule has 11 nitrogen and oxygen atoms in total. The Morgan fingerprint density at radius 3 is 2.76 bits per heavy atom. The van der Waals surface area contributed by atoms with Crippen molar-refractivity contribution in [2.75, 3.05) is 56.8 Å². The fourth-order valence-electron chi connectivity index (χ4n) is 4.11. The van der Waals surface area contributed by atoms with Crippen molar-refractivity contribution >= 4 is 63.5 Å². The lowest BCUT2D eigenvalue weighted by Gasteiger charge is -2.50. The first-order valence-electron chi connectivity index (χ1n) is 10.2. The van der Waals surface area contributed by atoms with Crippen LogP contribution in [0.15, 0.2) is 21.8 Å². The average Bonchev–Trinajstić information content (AvgIpc) is 3.21. The van der Waals surface area contributed by atoms with Crippen LogP contribution < -0.4 is 11.1 Å². The maximum atomic E-state index is 13.0. The number of likely N-dealkylation sites (N-methyl/N-ethyl adjacent to an activating group) is 1. The molecule has 3 aliphatic rings. The molecule has 4 N–H and O–H groups in total. The summed E-state index contributed by atoms with van der Waals surface area (Å²) in [5.74, 6) is 0.346. The van der Waals surface area contributed by atoms with E-state index < -0.39 is 29.2 Å². The van der Waals surface area contributed by atoms with Gasteiger partial charge in [0, 0.05) is 28.2 Å². The van der Waals surface area contributed by atoms with Gasteiger partial charge in [0.15, 0.2) is 10.8 Å². The van der Waals surface area contributed by atoms with Gasteiger partial charge in [0.2, 0.25) is 0 Å². The van der Waals surface area contributed by atoms with E-state index in [1.54, 1.807) is 5.38 Å². The number of carbonyl (C=O) groups excluding carboxylic acids is 2. The van der Waals surface area contributed by atoms with Crippen LogP contribution in [-0.2, 0) is 19.2 Å². The van der Waals surface area contributed by atoms with E-state index in [0.717, 1.165) is 46.0 Å². The number of oxime groups is 1. The average molecular weight is 514 g/mol. The van der Waals surface area contributed by atoms with Gasteiger partial charge in [-0.05, 0) is 0 Å². The predicted octanol–water partition coefficient (Wildman–Crippen LogP) is 0.00780. The van der Waals surface area contributed by atoms with Crippen molar-refractivity contribution in [2.45, 2.75) is 11.4 Å². The number of carboxylic acid groups (broad SMARTS) is 1. The number of aliphatic carboxylic acids is 1. The number of quaternary nitrogens is 1. The molecule has 2 saturated heterocycles. The number of hydrogen-bond acceptors (Lipinski definition) is 10. The molecule has 3 aliphatic heterocycles. The number of β-lactam (4-membered cyclic amide) rings is 1. The highest BCUT2D eigenvalue weighted by Crippen LogP contribution is 2.41. The molecular weight excluding hydrogens is 488 g/mol. The number of amides is 2. The molecule has 4 heterocycles. The number of hydrogen-bond donors (Lipinski definition) is 3. The second-order valence-electron chi connectivity index (χ2n) is 8.15. The number of anilines is 1. The summed E-state index contributed by atoms with van der Waals surface area (Å²) in [7, 11) is 3.43. The molecule has 0 spiro atoms. The number of thioether (sulfide) groups is 2. The van der Waals surface area contributed by atoms with Crippen LogP contribution in [0.3, 0.4) is 0 Å². The topological polar surface area (TPSA) is 147 Å². The molecule has 33 heavy (non-hydrogen) atoms. The van der Waals surface area contributed by atoms with E-state index in [2.05, 4.69) is 22.5 Å². The van der Waals surface area contributed by atoms with E-state index in [1.807, 2.05) is 11.8 Å². The van der Waals surface area contributed by atoms with Crippen molar-refractivity contribution in [3.05, 3.63) is 22.3 Å². The molecule has 0 aliphatic carbocycles. The minimum absolute atomic E-state index is 0.0462. The van der Waals surface area contributed by atoms with E-state index in [4.69, 9.17) is 10.6 Å². The number of nitrogens with zero attached hydrogens (tertiary/aromatic N) is 4. The SMILES string of the molecule is CON=C(C(=O)NC1C(=O)N2C(C(=O)O)=C(C[N+]3(C)CCSCC3)CS[C@@H]12)c1csc(N)n1. The van der Waals surface area contributed by atoms with E-state index in [1.165, 1.54) is 23.8 Å². The molecule has 1 unspecified atom stereocenters. The van der Waals surface area contributed by atoms with Crippen LogP contribution in [0.4, 0.5) is 5.13 Å². The Morgan fingerprint density at radius 2 is 2.15 bits per heavy atom. The van der Waals surface area contributed by atoms with Crippen LogP contribution in [-0.4, -0.2) is 105 Å². The fourth-order valence-corrected chi connectivity index (χ4v) is 7.34. The van der Waals surface area contributed by atoms with E-state index in [0.29, 0.717) is 12.3 Å². The lowest BCUT2D eigenvalue weighted by molar-refractivity contribution is -0.901. The Hall–Kier alpha value is -2.29. The van der Waals surface area contributed by atoms with Gasteiger partial charge in [0.05, 0.1) is 20.1 Å². The van der Waals surface area contributed by atoms with Crippen molar-refractivity contribution in [3.63, 3.8) is 0 Å². The van der Waals surface area contributed by atoms with E-state index in [-0.39, 0.29) is 22.2 Å². The van der Waals surface area contributed by atoms with Gasteiger partial charge in [0.25, 0.3) is 11.8 Å². The third-order valence-corrected chi connectivity index (χ3v) is 8.78. The first-order valence-corrected chi connectivity index (χ1v) is 13.3. The standard InChI is InChI=1S/C19H24N6O5S3/c1-25(3-5-31-6-4-25)7-10-8-32-17-13(16(27)24(17)14(10)18(28)29)22-15(26)12(23-30-2)11-9-33-19(20)21-11/h9,13,17H,3-8H2,1-2H3,(H3-,20,21,22,26,28,29)/p+1/t13?,17-/m0/s1. The first kappa shape index (κ1) is 23.9. The zero-order chi connectivity index (χ0) is 23.8. The number of carbonyl (C=O) groups is 3. The van der Waals surface area contributed by atoms with E-state index >= 15 is 0 Å². The molecule has 1 aromatic heterocycles. The van der Waals surface area contributed by atoms with Crippen molar-refractivity contribution in [1.29, 1.82) is 0 Å². The normalized spacial score (nSPS) is 24.7. The molecule has 2 atom stereocenters. The van der Waals surface area contributed by atoms with Gasteiger partial charge in [-0.1, -0.05) is 5.16 Å². The second kappa shape index (κ2) is 9.52. The van der Waals surface area contributed by atoms with Gasteiger partial charge in [-0.2, -0.15) is 11.8 Å². The van der Waals surface area contributed by atoms with Gasteiger partial charge in [-0.3, -0.25) is 14.5 Å². The quantitative estimate of drug-likeness (QED) is 0.198. The van der Waals surface area contributed by atoms with Crippen LogP contribution >= 0.6 is 34.9 Å². The number of fused-ring (bicyclic) bond motifs is 1. The summed E-state index contributed by atoms with van der Waals surface area (Å²) in [6, 6.07) is -0.868. The molecule has 178 valence electrons. The molecular formula is C19H25N6O5S3+. The zero-order valence-corrected chi connectivity index (χ0v) is 20.6. The highest BCUT2D eigenvalue weighted by molar-refractivity contribution is 8.00. The molecule has 1 aromatic rings. The smallest absolute Gasteiger partial charge is 0.352 e. The highest BCUT2D eigenvalue weighted by Gasteiger charge is 2.55. The number of aromatic nitrogens is 1. The number of nitrogen functional groups attached to an aromatic ring is 1. The fraction of sp³-hybridized carbons (Fsp3) is 0.526. The number of thiazole rings is 1. The Kier molecular flexibility index (Phi) is 6.88. The summed E-state index contributed by atoms with van der Waals surface area (Å²) in [6.45, 7) is 2.52. The number of rotatable bonds is 7. The maximum Gasteiger partial charge on any atom is 0.352 e. The van der Waals surface area contributed by atoms with Crippen LogP contribution in [0.2, 0.25) is 0 Å². The molecule has 0 saturated carbocycles. The summed E-state index contributed by atoms with van der Waals surface area (Å²) in [6.07, 6.45) is 0. The van der Waals surface area contributed by atoms with E-state index in [9.17, 15) is 19.5 Å². The van der Waals surface area contributed by atoms with Crippen LogP contribution in [0.25, 0.3) is 0 Å². The summed E-state index contributed by atoms with van der Waals surface area (Å²) in [5.41, 5.74) is 6.59. The predicted molar refractivity (Wildman–Crippen MR) is 128 cm³/mol. The number of carboxylic acids is 1. The molecule has 4 rings (SSSR count). The monoisotopic (exact) mass is 513 g/mol. The minimum Gasteiger partial charge on any atom is -0.477 e. The van der Waals surface area contributed by atoms with Crippen molar-refractivity contribution < 1.29 is 28.8 Å².